The first-order valence-corrected chi connectivity index (χ1v) is 4.72. The molecule has 0 atom stereocenters. The van der Waals surface area contributed by atoms with E-state index in [1.807, 2.05) is 19.4 Å². The van der Waals surface area contributed by atoms with Gasteiger partial charge < -0.3 is 10.3 Å². The zero-order valence-corrected chi connectivity index (χ0v) is 7.97. The highest BCUT2D eigenvalue weighted by Crippen LogP contribution is 2.13. The fourth-order valence-corrected chi connectivity index (χ4v) is 1.36. The van der Waals surface area contributed by atoms with Crippen molar-refractivity contribution in [2.45, 2.75) is 5.03 Å². The van der Waals surface area contributed by atoms with E-state index >= 15 is 0 Å². The molecule has 5 heteroatoms. The Balaban J connectivity index is 3.12. The first-order chi connectivity index (χ1) is 5.26. The van der Waals surface area contributed by atoms with Crippen LogP contribution in [0.2, 0.25) is 0 Å². The lowest BCUT2D eigenvalue weighted by atomic mass is 10.6. The number of aromatic amines is 1. The standard InChI is InChI=1S/C6H9N3S2/c1-7-4-3-5(11-2)9-6(10)8-4/h3H,1-2H3,(H2,7,8,9,10). The maximum Gasteiger partial charge on any atom is 0.199 e. The topological polar surface area (TPSA) is 40.7 Å². The van der Waals surface area contributed by atoms with Crippen molar-refractivity contribution in [3.8, 4) is 0 Å². The fraction of sp³-hybridized carbons (Fsp3) is 0.333. The molecule has 0 aromatic carbocycles. The summed E-state index contributed by atoms with van der Waals surface area (Å²) in [5, 5.41) is 3.90. The van der Waals surface area contributed by atoms with Crippen LogP contribution in [-0.4, -0.2) is 23.3 Å². The molecule has 3 nitrogen and oxygen atoms in total. The monoisotopic (exact) mass is 187 g/mol. The summed E-state index contributed by atoms with van der Waals surface area (Å²) in [7, 11) is 1.84. The van der Waals surface area contributed by atoms with Crippen molar-refractivity contribution in [1.82, 2.24) is 9.97 Å². The SMILES string of the molecule is CNc1cc(SC)nc(=S)[nH]1. The molecule has 0 fully saturated rings. The van der Waals surface area contributed by atoms with E-state index in [0.29, 0.717) is 4.77 Å². The molecule has 1 aromatic heterocycles. The van der Waals surface area contributed by atoms with Gasteiger partial charge in [-0.3, -0.25) is 0 Å². The summed E-state index contributed by atoms with van der Waals surface area (Å²) in [6.07, 6.45) is 1.97. The van der Waals surface area contributed by atoms with Gasteiger partial charge in [-0.05, 0) is 18.5 Å². The van der Waals surface area contributed by atoms with Gasteiger partial charge in [0, 0.05) is 13.1 Å². The highest BCUT2D eigenvalue weighted by atomic mass is 32.2. The molecule has 0 spiro atoms. The van der Waals surface area contributed by atoms with Gasteiger partial charge in [-0.2, -0.15) is 0 Å². The van der Waals surface area contributed by atoms with Crippen LogP contribution in [0.1, 0.15) is 0 Å². The minimum atomic E-state index is 0.515. The van der Waals surface area contributed by atoms with Crippen LogP contribution in [0.3, 0.4) is 0 Å². The zero-order chi connectivity index (χ0) is 8.27. The van der Waals surface area contributed by atoms with E-state index in [2.05, 4.69) is 15.3 Å². The number of H-pyrrole nitrogens is 1. The molecule has 0 aliphatic rings. The summed E-state index contributed by atoms with van der Waals surface area (Å²) >= 11 is 6.47. The maximum atomic E-state index is 4.90. The summed E-state index contributed by atoms with van der Waals surface area (Å²) in [5.41, 5.74) is 0. The quantitative estimate of drug-likeness (QED) is 0.421. The lowest BCUT2D eigenvalue weighted by Crippen LogP contribution is -1.94. The van der Waals surface area contributed by atoms with Crippen molar-refractivity contribution < 1.29 is 0 Å². The average Bonchev–Trinajstić information content (AvgIpc) is 2.03. The van der Waals surface area contributed by atoms with Crippen molar-refractivity contribution in [2.24, 2.45) is 0 Å². The molecule has 1 aromatic rings. The highest BCUT2D eigenvalue weighted by Gasteiger charge is 1.94. The molecule has 0 unspecified atom stereocenters. The van der Waals surface area contributed by atoms with Crippen LogP contribution in [0.25, 0.3) is 0 Å². The third kappa shape index (κ3) is 2.20. The van der Waals surface area contributed by atoms with Gasteiger partial charge >= 0.3 is 0 Å². The zero-order valence-electron chi connectivity index (χ0n) is 6.34. The van der Waals surface area contributed by atoms with E-state index in [1.54, 1.807) is 11.8 Å². The number of thioether (sulfide) groups is 1. The van der Waals surface area contributed by atoms with Crippen LogP contribution < -0.4 is 5.32 Å². The van der Waals surface area contributed by atoms with Crippen molar-refractivity contribution in [1.29, 1.82) is 0 Å². The van der Waals surface area contributed by atoms with Gasteiger partial charge in [0.25, 0.3) is 0 Å². The molecule has 0 radical (unpaired) electrons. The second kappa shape index (κ2) is 3.73. The first-order valence-electron chi connectivity index (χ1n) is 3.09. The fourth-order valence-electron chi connectivity index (χ4n) is 0.674. The molecule has 0 bridgehead atoms. The predicted molar refractivity (Wildman–Crippen MR) is 50.7 cm³/mol. The number of nitrogens with one attached hydrogen (secondary N) is 2. The summed E-state index contributed by atoms with van der Waals surface area (Å²) in [5.74, 6) is 0.898. The van der Waals surface area contributed by atoms with Crippen molar-refractivity contribution in [3.05, 3.63) is 10.8 Å². The van der Waals surface area contributed by atoms with Gasteiger partial charge in [0.15, 0.2) is 4.77 Å². The van der Waals surface area contributed by atoms with Gasteiger partial charge in [0.1, 0.15) is 10.8 Å². The molecule has 2 N–H and O–H groups in total. The Labute approximate surface area is 74.6 Å². The van der Waals surface area contributed by atoms with Gasteiger partial charge in [-0.25, -0.2) is 4.98 Å². The molecule has 1 rings (SSSR count). The lowest BCUT2D eigenvalue weighted by Gasteiger charge is -2.00. The average molecular weight is 187 g/mol. The normalized spacial score (nSPS) is 9.64. The van der Waals surface area contributed by atoms with E-state index in [4.69, 9.17) is 12.2 Å². The molecular formula is C6H9N3S2. The van der Waals surface area contributed by atoms with Crippen LogP contribution in [0.5, 0.6) is 0 Å². The largest absolute Gasteiger partial charge is 0.375 e. The molecular weight excluding hydrogens is 178 g/mol. The Kier molecular flexibility index (Phi) is 2.90. The van der Waals surface area contributed by atoms with E-state index in [-0.39, 0.29) is 0 Å². The Morgan fingerprint density at radius 2 is 2.45 bits per heavy atom. The first kappa shape index (κ1) is 8.55. The van der Waals surface area contributed by atoms with Crippen LogP contribution >= 0.6 is 24.0 Å². The van der Waals surface area contributed by atoms with Crippen LogP contribution in [-0.2, 0) is 0 Å². The molecule has 0 amide bonds. The van der Waals surface area contributed by atoms with E-state index in [9.17, 15) is 0 Å². The Hall–Kier alpha value is -0.550. The second-order valence-electron chi connectivity index (χ2n) is 1.89. The smallest absolute Gasteiger partial charge is 0.199 e. The van der Waals surface area contributed by atoms with Crippen LogP contribution in [0, 0.1) is 4.77 Å². The van der Waals surface area contributed by atoms with E-state index in [1.165, 1.54) is 0 Å². The third-order valence-corrected chi connectivity index (χ3v) is 2.02. The summed E-state index contributed by atoms with van der Waals surface area (Å²) in [6.45, 7) is 0. The van der Waals surface area contributed by atoms with Crippen LogP contribution in [0.4, 0.5) is 5.82 Å². The predicted octanol–water partition coefficient (Wildman–Crippen LogP) is 1.90. The Morgan fingerprint density at radius 1 is 1.73 bits per heavy atom. The minimum Gasteiger partial charge on any atom is -0.375 e. The number of nitrogens with zero attached hydrogens (tertiary/aromatic N) is 1. The van der Waals surface area contributed by atoms with Gasteiger partial charge in [0.05, 0.1) is 0 Å². The van der Waals surface area contributed by atoms with E-state index in [0.717, 1.165) is 10.8 Å². The molecule has 60 valence electrons. The Bertz CT molecular complexity index is 269. The number of hydrogen-bond acceptors (Lipinski definition) is 4. The van der Waals surface area contributed by atoms with Crippen LogP contribution in [0.15, 0.2) is 11.1 Å². The summed E-state index contributed by atoms with van der Waals surface area (Å²) < 4.78 is 0.515. The van der Waals surface area contributed by atoms with Crippen molar-refractivity contribution in [3.63, 3.8) is 0 Å². The maximum absolute atomic E-state index is 4.90. The molecule has 0 saturated heterocycles. The van der Waals surface area contributed by atoms with Crippen molar-refractivity contribution in [2.75, 3.05) is 18.6 Å². The number of hydrogen-bond donors (Lipinski definition) is 2. The second-order valence-corrected chi connectivity index (χ2v) is 3.11. The lowest BCUT2D eigenvalue weighted by molar-refractivity contribution is 1.02. The Morgan fingerprint density at radius 3 is 3.00 bits per heavy atom. The molecule has 1 heterocycles. The number of aromatic nitrogens is 2. The minimum absolute atomic E-state index is 0.515. The molecule has 11 heavy (non-hydrogen) atoms. The molecule has 0 aliphatic heterocycles. The number of anilines is 1. The van der Waals surface area contributed by atoms with Crippen molar-refractivity contribution >= 4 is 29.8 Å². The highest BCUT2D eigenvalue weighted by molar-refractivity contribution is 7.98. The molecule has 0 aliphatic carbocycles. The number of rotatable bonds is 2. The van der Waals surface area contributed by atoms with Gasteiger partial charge in [-0.1, -0.05) is 0 Å². The third-order valence-electron chi connectivity index (χ3n) is 1.20. The van der Waals surface area contributed by atoms with Gasteiger partial charge in [0.2, 0.25) is 0 Å². The summed E-state index contributed by atoms with van der Waals surface area (Å²) in [6, 6.07) is 1.92. The summed E-state index contributed by atoms with van der Waals surface area (Å²) in [4.78, 5) is 6.99. The molecule has 0 saturated carbocycles. The van der Waals surface area contributed by atoms with Gasteiger partial charge in [-0.15, -0.1) is 11.8 Å². The van der Waals surface area contributed by atoms with E-state index < -0.39 is 0 Å².